The molecule has 0 atom stereocenters. The molecular weight excluding hydrogens is 126 g/mol. The first-order chi connectivity index (χ1) is 4.74. The average Bonchev–Trinajstić information content (AvgIpc) is 2.01. The summed E-state index contributed by atoms with van der Waals surface area (Å²) in [6.07, 6.45) is 3.25. The molecular formula is C8H19NO. The molecule has 0 rings (SSSR count). The van der Waals surface area contributed by atoms with E-state index in [-0.39, 0.29) is 12.3 Å². The lowest BCUT2D eigenvalue weighted by molar-refractivity contribution is 0.177. The van der Waals surface area contributed by atoms with Crippen LogP contribution in [0.25, 0.3) is 0 Å². The predicted molar refractivity (Wildman–Crippen MR) is 43.8 cm³/mol. The smallest absolute Gasteiger partial charge is 0.0935 e. The summed E-state index contributed by atoms with van der Waals surface area (Å²) < 4.78 is 0. The van der Waals surface area contributed by atoms with Gasteiger partial charge in [0.2, 0.25) is 0 Å². The van der Waals surface area contributed by atoms with E-state index in [1.54, 1.807) is 0 Å². The predicted octanol–water partition coefficient (Wildman–Crippen LogP) is 1.49. The minimum absolute atomic E-state index is 0.0928. The Morgan fingerprint density at radius 3 is 1.60 bits per heavy atom. The van der Waals surface area contributed by atoms with Crippen molar-refractivity contribution in [1.82, 2.24) is 5.32 Å². The first-order valence-corrected chi connectivity index (χ1v) is 4.10. The number of aliphatic hydroxyl groups excluding tert-OH is 1. The molecule has 2 nitrogen and oxygen atoms in total. The van der Waals surface area contributed by atoms with Gasteiger partial charge in [-0.1, -0.05) is 20.8 Å². The Hall–Kier alpha value is -0.0800. The standard InChI is InChI=1S/C8H19NO/c1-4-8(5-2,6-3)9-7-10/h9-10H,4-7H2,1-3H3. The molecule has 0 unspecified atom stereocenters. The van der Waals surface area contributed by atoms with E-state index in [9.17, 15) is 0 Å². The first-order valence-electron chi connectivity index (χ1n) is 4.10. The lowest BCUT2D eigenvalue weighted by Gasteiger charge is -2.30. The number of hydrogen-bond acceptors (Lipinski definition) is 2. The van der Waals surface area contributed by atoms with Crippen LogP contribution in [-0.2, 0) is 0 Å². The Balaban J connectivity index is 3.87. The molecule has 0 aromatic carbocycles. The fourth-order valence-corrected chi connectivity index (χ4v) is 1.29. The van der Waals surface area contributed by atoms with Gasteiger partial charge in [0, 0.05) is 5.54 Å². The van der Waals surface area contributed by atoms with E-state index >= 15 is 0 Å². The lowest BCUT2D eigenvalue weighted by Crippen LogP contribution is -2.43. The molecule has 0 radical (unpaired) electrons. The highest BCUT2D eigenvalue weighted by Gasteiger charge is 2.21. The summed E-state index contributed by atoms with van der Waals surface area (Å²) in [6.45, 7) is 6.54. The quantitative estimate of drug-likeness (QED) is 0.574. The van der Waals surface area contributed by atoms with Crippen molar-refractivity contribution in [3.05, 3.63) is 0 Å². The van der Waals surface area contributed by atoms with E-state index in [1.165, 1.54) is 0 Å². The summed E-state index contributed by atoms with van der Waals surface area (Å²) in [6, 6.07) is 0. The molecule has 0 fully saturated rings. The van der Waals surface area contributed by atoms with Gasteiger partial charge in [-0.15, -0.1) is 0 Å². The van der Waals surface area contributed by atoms with E-state index in [1.807, 2.05) is 0 Å². The summed E-state index contributed by atoms with van der Waals surface area (Å²) in [5.41, 5.74) is 0.175. The second kappa shape index (κ2) is 4.69. The molecule has 0 aliphatic heterocycles. The van der Waals surface area contributed by atoms with Gasteiger partial charge in [0.15, 0.2) is 0 Å². The second-order valence-electron chi connectivity index (χ2n) is 2.68. The van der Waals surface area contributed by atoms with Crippen molar-refractivity contribution in [1.29, 1.82) is 0 Å². The van der Waals surface area contributed by atoms with Crippen LogP contribution in [0.5, 0.6) is 0 Å². The minimum Gasteiger partial charge on any atom is -0.381 e. The van der Waals surface area contributed by atoms with E-state index in [2.05, 4.69) is 26.1 Å². The Bertz CT molecular complexity index is 71.1. The zero-order valence-electron chi connectivity index (χ0n) is 7.28. The topological polar surface area (TPSA) is 32.3 Å². The van der Waals surface area contributed by atoms with Gasteiger partial charge in [0.05, 0.1) is 6.73 Å². The van der Waals surface area contributed by atoms with Crippen LogP contribution < -0.4 is 5.32 Å². The highest BCUT2D eigenvalue weighted by molar-refractivity contribution is 4.82. The van der Waals surface area contributed by atoms with Gasteiger partial charge in [-0.2, -0.15) is 0 Å². The third-order valence-electron chi connectivity index (χ3n) is 2.48. The second-order valence-corrected chi connectivity index (χ2v) is 2.68. The SMILES string of the molecule is CCC(CC)(CC)NCO. The molecule has 0 aromatic heterocycles. The zero-order valence-corrected chi connectivity index (χ0v) is 7.28. The van der Waals surface area contributed by atoms with Crippen LogP contribution in [0.2, 0.25) is 0 Å². The fraction of sp³-hybridized carbons (Fsp3) is 1.00. The molecule has 0 bridgehead atoms. The fourth-order valence-electron chi connectivity index (χ4n) is 1.29. The molecule has 0 aromatic rings. The normalized spacial score (nSPS) is 12.0. The molecule has 0 saturated heterocycles. The maximum Gasteiger partial charge on any atom is 0.0935 e. The zero-order chi connectivity index (χ0) is 8.04. The van der Waals surface area contributed by atoms with E-state index in [0.29, 0.717) is 0 Å². The summed E-state index contributed by atoms with van der Waals surface area (Å²) in [5, 5.41) is 11.8. The average molecular weight is 145 g/mol. The Labute approximate surface area is 63.6 Å². The molecule has 0 heterocycles. The molecule has 62 valence electrons. The number of nitrogens with one attached hydrogen (secondary N) is 1. The van der Waals surface area contributed by atoms with Gasteiger partial charge in [0.1, 0.15) is 0 Å². The molecule has 2 heteroatoms. The monoisotopic (exact) mass is 145 g/mol. The van der Waals surface area contributed by atoms with E-state index in [0.717, 1.165) is 19.3 Å². The van der Waals surface area contributed by atoms with E-state index in [4.69, 9.17) is 5.11 Å². The molecule has 10 heavy (non-hydrogen) atoms. The van der Waals surface area contributed by atoms with Crippen LogP contribution in [-0.4, -0.2) is 17.4 Å². The van der Waals surface area contributed by atoms with Crippen LogP contribution >= 0.6 is 0 Å². The van der Waals surface area contributed by atoms with Crippen LogP contribution in [0, 0.1) is 0 Å². The van der Waals surface area contributed by atoms with Crippen molar-refractivity contribution in [2.75, 3.05) is 6.73 Å². The van der Waals surface area contributed by atoms with Crippen LogP contribution in [0.4, 0.5) is 0 Å². The first kappa shape index (κ1) is 9.92. The number of aliphatic hydroxyl groups is 1. The van der Waals surface area contributed by atoms with Gasteiger partial charge in [-0.05, 0) is 19.3 Å². The molecule has 0 aliphatic rings. The van der Waals surface area contributed by atoms with Gasteiger partial charge in [-0.3, -0.25) is 5.32 Å². The van der Waals surface area contributed by atoms with Crippen molar-refractivity contribution in [3.8, 4) is 0 Å². The Morgan fingerprint density at radius 1 is 1.10 bits per heavy atom. The van der Waals surface area contributed by atoms with E-state index < -0.39 is 0 Å². The maximum atomic E-state index is 8.68. The number of rotatable bonds is 5. The molecule has 0 saturated carbocycles. The lowest BCUT2D eigenvalue weighted by atomic mass is 9.90. The van der Waals surface area contributed by atoms with Gasteiger partial charge in [-0.25, -0.2) is 0 Å². The Morgan fingerprint density at radius 2 is 1.50 bits per heavy atom. The van der Waals surface area contributed by atoms with Crippen molar-refractivity contribution in [3.63, 3.8) is 0 Å². The highest BCUT2D eigenvalue weighted by Crippen LogP contribution is 2.18. The molecule has 2 N–H and O–H groups in total. The Kier molecular flexibility index (Phi) is 4.65. The van der Waals surface area contributed by atoms with Crippen molar-refractivity contribution < 1.29 is 5.11 Å². The number of hydrogen-bond donors (Lipinski definition) is 2. The van der Waals surface area contributed by atoms with Crippen LogP contribution in [0.1, 0.15) is 40.0 Å². The minimum atomic E-state index is 0.0928. The maximum absolute atomic E-state index is 8.68. The third-order valence-corrected chi connectivity index (χ3v) is 2.48. The molecule has 0 amide bonds. The third kappa shape index (κ3) is 2.27. The summed E-state index contributed by atoms with van der Waals surface area (Å²) in [7, 11) is 0. The van der Waals surface area contributed by atoms with Crippen molar-refractivity contribution in [2.45, 2.75) is 45.6 Å². The summed E-state index contributed by atoms with van der Waals surface area (Å²) in [5.74, 6) is 0. The van der Waals surface area contributed by atoms with Crippen LogP contribution in [0.15, 0.2) is 0 Å². The van der Waals surface area contributed by atoms with Gasteiger partial charge < -0.3 is 5.11 Å². The van der Waals surface area contributed by atoms with Crippen LogP contribution in [0.3, 0.4) is 0 Å². The summed E-state index contributed by atoms with van der Waals surface area (Å²) in [4.78, 5) is 0. The largest absolute Gasteiger partial charge is 0.381 e. The highest BCUT2D eigenvalue weighted by atomic mass is 16.3. The van der Waals surface area contributed by atoms with Gasteiger partial charge in [0.25, 0.3) is 0 Å². The van der Waals surface area contributed by atoms with Gasteiger partial charge >= 0.3 is 0 Å². The van der Waals surface area contributed by atoms with Crippen molar-refractivity contribution in [2.24, 2.45) is 0 Å². The summed E-state index contributed by atoms with van der Waals surface area (Å²) >= 11 is 0. The molecule has 0 spiro atoms. The van der Waals surface area contributed by atoms with Crippen molar-refractivity contribution >= 4 is 0 Å². The molecule has 0 aliphatic carbocycles.